The summed E-state index contributed by atoms with van der Waals surface area (Å²) in [5.74, 6) is 0.129. The second-order valence-corrected chi connectivity index (χ2v) is 5.66. The van der Waals surface area contributed by atoms with Gasteiger partial charge < -0.3 is 15.4 Å². The van der Waals surface area contributed by atoms with Gasteiger partial charge in [-0.25, -0.2) is 0 Å². The van der Waals surface area contributed by atoms with Crippen LogP contribution in [0.25, 0.3) is 0 Å². The lowest BCUT2D eigenvalue weighted by Crippen LogP contribution is -2.54. The Morgan fingerprint density at radius 3 is 2.61 bits per heavy atom. The average Bonchev–Trinajstić information content (AvgIpc) is 2.75. The van der Waals surface area contributed by atoms with Gasteiger partial charge in [0, 0.05) is 19.1 Å². The number of nitrogens with one attached hydrogen (secondary N) is 2. The molecule has 1 heterocycles. The minimum absolute atomic E-state index is 0. The molecule has 18 heavy (non-hydrogen) atoms. The highest BCUT2D eigenvalue weighted by molar-refractivity contribution is 5.85. The van der Waals surface area contributed by atoms with Gasteiger partial charge in [0.25, 0.3) is 0 Å². The van der Waals surface area contributed by atoms with Crippen molar-refractivity contribution in [3.8, 4) is 0 Å². The van der Waals surface area contributed by atoms with E-state index in [2.05, 4.69) is 10.6 Å². The van der Waals surface area contributed by atoms with Crippen molar-refractivity contribution in [1.29, 1.82) is 0 Å². The van der Waals surface area contributed by atoms with E-state index in [9.17, 15) is 4.79 Å². The second-order valence-electron chi connectivity index (χ2n) is 5.66. The molecule has 0 aromatic carbocycles. The predicted molar refractivity (Wildman–Crippen MR) is 76.2 cm³/mol. The molecule has 0 spiro atoms. The number of hydrogen-bond acceptors (Lipinski definition) is 3. The van der Waals surface area contributed by atoms with Crippen LogP contribution in [0.4, 0.5) is 0 Å². The molecule has 1 unspecified atom stereocenters. The first kappa shape index (κ1) is 17.7. The van der Waals surface area contributed by atoms with Crippen LogP contribution < -0.4 is 10.6 Å². The maximum atomic E-state index is 12.0. The monoisotopic (exact) mass is 278 g/mol. The van der Waals surface area contributed by atoms with Crippen molar-refractivity contribution in [2.24, 2.45) is 5.41 Å². The van der Waals surface area contributed by atoms with Gasteiger partial charge in [0.2, 0.25) is 5.91 Å². The van der Waals surface area contributed by atoms with Crippen LogP contribution in [0.2, 0.25) is 0 Å². The molecular formula is C13H27ClN2O2. The van der Waals surface area contributed by atoms with Gasteiger partial charge in [-0.1, -0.05) is 20.8 Å². The predicted octanol–water partition coefficient (Wildman–Crippen LogP) is 1.73. The summed E-state index contributed by atoms with van der Waals surface area (Å²) in [6, 6.07) is 0. The van der Waals surface area contributed by atoms with Gasteiger partial charge in [-0.15, -0.1) is 12.4 Å². The Kier molecular flexibility index (Phi) is 7.18. The number of halogens is 1. The minimum Gasteiger partial charge on any atom is -0.383 e. The fourth-order valence-electron chi connectivity index (χ4n) is 2.12. The van der Waals surface area contributed by atoms with Crippen molar-refractivity contribution in [3.05, 3.63) is 0 Å². The van der Waals surface area contributed by atoms with Crippen LogP contribution in [0.3, 0.4) is 0 Å². The molecule has 5 heteroatoms. The third-order valence-electron chi connectivity index (χ3n) is 3.84. The number of methoxy groups -OCH3 is 1. The Morgan fingerprint density at radius 2 is 2.17 bits per heavy atom. The first-order valence-corrected chi connectivity index (χ1v) is 6.48. The van der Waals surface area contributed by atoms with Crippen LogP contribution >= 0.6 is 12.4 Å². The van der Waals surface area contributed by atoms with E-state index in [-0.39, 0.29) is 29.3 Å². The number of ether oxygens (including phenoxy) is 1. The van der Waals surface area contributed by atoms with Gasteiger partial charge in [-0.3, -0.25) is 4.79 Å². The zero-order valence-corrected chi connectivity index (χ0v) is 12.8. The van der Waals surface area contributed by atoms with Crippen molar-refractivity contribution in [3.63, 3.8) is 0 Å². The van der Waals surface area contributed by atoms with Gasteiger partial charge in [-0.05, 0) is 25.8 Å². The highest BCUT2D eigenvalue weighted by atomic mass is 35.5. The Bertz CT molecular complexity index is 264. The van der Waals surface area contributed by atoms with E-state index in [0.717, 1.165) is 25.8 Å². The highest BCUT2D eigenvalue weighted by Gasteiger charge is 2.35. The topological polar surface area (TPSA) is 50.4 Å². The molecule has 1 fully saturated rings. The molecule has 0 saturated carbocycles. The summed E-state index contributed by atoms with van der Waals surface area (Å²) < 4.78 is 5.26. The number of rotatable bonds is 6. The number of hydrogen-bond donors (Lipinski definition) is 2. The van der Waals surface area contributed by atoms with Crippen LogP contribution in [-0.2, 0) is 9.53 Å². The van der Waals surface area contributed by atoms with E-state index in [0.29, 0.717) is 13.2 Å². The quantitative estimate of drug-likeness (QED) is 0.778. The zero-order chi connectivity index (χ0) is 12.9. The summed E-state index contributed by atoms with van der Waals surface area (Å²) in [5.41, 5.74) is -0.346. The molecule has 1 aliphatic rings. The molecule has 1 amide bonds. The lowest BCUT2D eigenvalue weighted by atomic mass is 9.88. The molecule has 0 bridgehead atoms. The summed E-state index contributed by atoms with van der Waals surface area (Å²) in [4.78, 5) is 12.0. The van der Waals surface area contributed by atoms with Crippen LogP contribution in [0.15, 0.2) is 0 Å². The fraction of sp³-hybridized carbons (Fsp3) is 0.923. The lowest BCUT2D eigenvalue weighted by molar-refractivity contribution is -0.129. The third-order valence-corrected chi connectivity index (χ3v) is 3.84. The number of carbonyl (C=O) groups is 1. The molecule has 0 aromatic heterocycles. The lowest BCUT2D eigenvalue weighted by Gasteiger charge is -2.31. The average molecular weight is 279 g/mol. The molecule has 1 atom stereocenters. The van der Waals surface area contributed by atoms with Crippen molar-refractivity contribution in [2.75, 3.05) is 26.8 Å². The Balaban J connectivity index is 0.00000289. The summed E-state index contributed by atoms with van der Waals surface area (Å²) >= 11 is 0. The SMILES string of the molecule is CCC(C)(C)C(=O)NCC1(COC)CCCN1.Cl. The normalized spacial score (nSPS) is 23.6. The van der Waals surface area contributed by atoms with Gasteiger partial charge in [0.15, 0.2) is 0 Å². The van der Waals surface area contributed by atoms with Gasteiger partial charge in [-0.2, -0.15) is 0 Å². The Hall–Kier alpha value is -0.320. The molecule has 1 aliphatic heterocycles. The van der Waals surface area contributed by atoms with E-state index in [4.69, 9.17) is 4.74 Å². The maximum Gasteiger partial charge on any atom is 0.225 e. The molecule has 0 aliphatic carbocycles. The van der Waals surface area contributed by atoms with Gasteiger partial charge >= 0.3 is 0 Å². The largest absolute Gasteiger partial charge is 0.383 e. The maximum absolute atomic E-state index is 12.0. The van der Waals surface area contributed by atoms with Crippen molar-refractivity contribution >= 4 is 18.3 Å². The van der Waals surface area contributed by atoms with Crippen molar-refractivity contribution < 1.29 is 9.53 Å². The zero-order valence-electron chi connectivity index (χ0n) is 12.0. The molecule has 1 rings (SSSR count). The fourth-order valence-corrected chi connectivity index (χ4v) is 2.12. The van der Waals surface area contributed by atoms with Crippen LogP contribution in [0.5, 0.6) is 0 Å². The van der Waals surface area contributed by atoms with Crippen LogP contribution in [-0.4, -0.2) is 38.3 Å². The summed E-state index contributed by atoms with van der Waals surface area (Å²) in [6.07, 6.45) is 3.06. The molecule has 108 valence electrons. The summed E-state index contributed by atoms with van der Waals surface area (Å²) in [7, 11) is 1.71. The molecule has 0 aromatic rings. The Morgan fingerprint density at radius 1 is 1.50 bits per heavy atom. The van der Waals surface area contributed by atoms with Crippen molar-refractivity contribution in [2.45, 2.75) is 45.6 Å². The van der Waals surface area contributed by atoms with E-state index in [1.807, 2.05) is 20.8 Å². The number of carbonyl (C=O) groups excluding carboxylic acids is 1. The standard InChI is InChI=1S/C13H26N2O2.ClH/c1-5-12(2,3)11(16)14-9-13(10-17-4)7-6-8-15-13;/h15H,5-10H2,1-4H3,(H,14,16);1H. The third kappa shape index (κ3) is 4.41. The molecule has 0 radical (unpaired) electrons. The first-order chi connectivity index (χ1) is 7.96. The van der Waals surface area contributed by atoms with E-state index in [1.165, 1.54) is 0 Å². The summed E-state index contributed by atoms with van der Waals surface area (Å²) in [6.45, 7) is 8.32. The van der Waals surface area contributed by atoms with E-state index in [1.54, 1.807) is 7.11 Å². The second kappa shape index (κ2) is 7.31. The Labute approximate surface area is 117 Å². The minimum atomic E-state index is -0.285. The summed E-state index contributed by atoms with van der Waals surface area (Å²) in [5, 5.41) is 6.52. The van der Waals surface area contributed by atoms with Gasteiger partial charge in [0.1, 0.15) is 0 Å². The number of amides is 1. The van der Waals surface area contributed by atoms with E-state index < -0.39 is 0 Å². The van der Waals surface area contributed by atoms with Crippen LogP contribution in [0.1, 0.15) is 40.0 Å². The molecule has 1 saturated heterocycles. The molecule has 2 N–H and O–H groups in total. The van der Waals surface area contributed by atoms with Crippen molar-refractivity contribution in [1.82, 2.24) is 10.6 Å². The highest BCUT2D eigenvalue weighted by Crippen LogP contribution is 2.22. The smallest absolute Gasteiger partial charge is 0.225 e. The molecule has 4 nitrogen and oxygen atoms in total. The molecular weight excluding hydrogens is 252 g/mol. The van der Waals surface area contributed by atoms with Gasteiger partial charge in [0.05, 0.1) is 12.1 Å². The first-order valence-electron chi connectivity index (χ1n) is 6.48. The van der Waals surface area contributed by atoms with E-state index >= 15 is 0 Å². The van der Waals surface area contributed by atoms with Crippen LogP contribution in [0, 0.1) is 5.41 Å².